The zero-order chi connectivity index (χ0) is 20.1. The summed E-state index contributed by atoms with van der Waals surface area (Å²) < 4.78 is 35.9. The first-order valence-electron chi connectivity index (χ1n) is 9.21. The first kappa shape index (κ1) is 20.2. The molecule has 2 aromatic carbocycles. The van der Waals surface area contributed by atoms with Crippen LogP contribution in [-0.4, -0.2) is 51.8 Å². The fraction of sp³-hybridized carbons (Fsp3) is 0.381. The molecule has 1 saturated heterocycles. The minimum Gasteiger partial charge on any atom is -0.497 e. The maximum atomic E-state index is 12.8. The third kappa shape index (κ3) is 4.65. The van der Waals surface area contributed by atoms with E-state index in [0.29, 0.717) is 43.0 Å². The van der Waals surface area contributed by atoms with Crippen molar-refractivity contribution >= 4 is 15.7 Å². The van der Waals surface area contributed by atoms with E-state index in [2.05, 4.69) is 0 Å². The van der Waals surface area contributed by atoms with E-state index in [1.165, 1.54) is 14.2 Å². The van der Waals surface area contributed by atoms with Gasteiger partial charge in [0.1, 0.15) is 11.5 Å². The van der Waals surface area contributed by atoms with Gasteiger partial charge in [0.15, 0.2) is 9.84 Å². The summed E-state index contributed by atoms with van der Waals surface area (Å²) in [6.45, 7) is 0.827. The summed E-state index contributed by atoms with van der Waals surface area (Å²) in [7, 11) is -0.182. The summed E-state index contributed by atoms with van der Waals surface area (Å²) in [6.07, 6.45) is 0.893. The van der Waals surface area contributed by atoms with Crippen molar-refractivity contribution in [3.05, 3.63) is 59.7 Å². The van der Waals surface area contributed by atoms with E-state index in [1.807, 2.05) is 30.3 Å². The van der Waals surface area contributed by atoms with Crippen LogP contribution < -0.4 is 9.47 Å². The van der Waals surface area contributed by atoms with E-state index in [0.717, 1.165) is 5.56 Å². The second kappa shape index (κ2) is 8.65. The number of likely N-dealkylation sites (tertiary alicyclic amines) is 1. The molecule has 0 saturated carbocycles. The number of amides is 1. The minimum absolute atomic E-state index is 0.0412. The molecular weight excluding hydrogens is 378 g/mol. The highest BCUT2D eigenvalue weighted by Gasteiger charge is 2.32. The lowest BCUT2D eigenvalue weighted by atomic mass is 10.1. The van der Waals surface area contributed by atoms with Gasteiger partial charge in [-0.2, -0.15) is 0 Å². The Labute approximate surface area is 166 Å². The monoisotopic (exact) mass is 403 g/mol. The summed E-state index contributed by atoms with van der Waals surface area (Å²) in [6, 6.07) is 14.3. The molecule has 0 aliphatic carbocycles. The molecule has 28 heavy (non-hydrogen) atoms. The smallest absolute Gasteiger partial charge is 0.254 e. The first-order valence-corrected chi connectivity index (χ1v) is 10.9. The summed E-state index contributed by atoms with van der Waals surface area (Å²) in [4.78, 5) is 14.5. The molecule has 150 valence electrons. The number of nitrogens with zero attached hydrogens (tertiary/aromatic N) is 1. The molecule has 0 unspecified atom stereocenters. The van der Waals surface area contributed by atoms with Crippen molar-refractivity contribution < 1.29 is 22.7 Å². The third-order valence-electron chi connectivity index (χ3n) is 5.05. The number of benzene rings is 2. The van der Waals surface area contributed by atoms with E-state index in [-0.39, 0.29) is 11.7 Å². The quantitative estimate of drug-likeness (QED) is 0.742. The van der Waals surface area contributed by atoms with Crippen LogP contribution in [0.5, 0.6) is 11.5 Å². The van der Waals surface area contributed by atoms with Crippen molar-refractivity contribution in [2.75, 3.05) is 27.3 Å². The molecular formula is C21H25NO5S. The molecule has 0 aromatic heterocycles. The minimum atomic E-state index is -3.25. The fourth-order valence-electron chi connectivity index (χ4n) is 3.46. The van der Waals surface area contributed by atoms with E-state index in [1.54, 1.807) is 23.1 Å². The lowest BCUT2D eigenvalue weighted by Gasteiger charge is -2.32. The van der Waals surface area contributed by atoms with E-state index < -0.39 is 15.1 Å². The zero-order valence-corrected chi connectivity index (χ0v) is 16.9. The molecule has 0 spiro atoms. The molecule has 0 bridgehead atoms. The number of hydrogen-bond acceptors (Lipinski definition) is 5. The van der Waals surface area contributed by atoms with Crippen molar-refractivity contribution in [2.45, 2.75) is 23.8 Å². The van der Waals surface area contributed by atoms with Gasteiger partial charge in [-0.05, 0) is 30.5 Å². The molecule has 0 N–H and O–H groups in total. The Balaban J connectivity index is 1.66. The largest absolute Gasteiger partial charge is 0.497 e. The second-order valence-electron chi connectivity index (χ2n) is 6.89. The van der Waals surface area contributed by atoms with Gasteiger partial charge in [0.05, 0.1) is 25.2 Å². The molecule has 2 aromatic rings. The number of methoxy groups -OCH3 is 2. The number of ether oxygens (including phenoxy) is 2. The number of carbonyl (C=O) groups is 1. The topological polar surface area (TPSA) is 72.9 Å². The molecule has 0 radical (unpaired) electrons. The van der Waals surface area contributed by atoms with Gasteiger partial charge in [0.2, 0.25) is 0 Å². The van der Waals surface area contributed by atoms with Crippen molar-refractivity contribution in [3.8, 4) is 11.5 Å². The van der Waals surface area contributed by atoms with Crippen molar-refractivity contribution in [2.24, 2.45) is 0 Å². The number of rotatable bonds is 6. The summed E-state index contributed by atoms with van der Waals surface area (Å²) >= 11 is 0. The molecule has 1 heterocycles. The molecule has 6 nitrogen and oxygen atoms in total. The lowest BCUT2D eigenvalue weighted by molar-refractivity contribution is 0.0725. The molecule has 7 heteroatoms. The Morgan fingerprint density at radius 3 is 2.11 bits per heavy atom. The van der Waals surface area contributed by atoms with Crippen LogP contribution in [0.1, 0.15) is 28.8 Å². The van der Waals surface area contributed by atoms with Crippen molar-refractivity contribution in [1.29, 1.82) is 0 Å². The molecule has 1 fully saturated rings. The van der Waals surface area contributed by atoms with Crippen molar-refractivity contribution in [3.63, 3.8) is 0 Å². The van der Waals surface area contributed by atoms with Crippen LogP contribution in [0, 0.1) is 0 Å². The standard InChI is InChI=1S/C21H25NO5S/c1-26-18-12-17(13-19(14-18)27-2)21(23)22-10-8-20(9-11-22)28(24,25)15-16-6-4-3-5-7-16/h3-7,12-14,20H,8-11,15H2,1-2H3. The Morgan fingerprint density at radius 1 is 1.00 bits per heavy atom. The predicted octanol–water partition coefficient (Wildman–Crippen LogP) is 2.92. The van der Waals surface area contributed by atoms with Crippen LogP contribution >= 0.6 is 0 Å². The Hall–Kier alpha value is -2.54. The highest BCUT2D eigenvalue weighted by atomic mass is 32.2. The predicted molar refractivity (Wildman–Crippen MR) is 108 cm³/mol. The average Bonchev–Trinajstić information content (AvgIpc) is 2.73. The zero-order valence-electron chi connectivity index (χ0n) is 16.1. The number of sulfone groups is 1. The van der Waals surface area contributed by atoms with Gasteiger partial charge in [-0.3, -0.25) is 4.79 Å². The van der Waals surface area contributed by atoms with Gasteiger partial charge < -0.3 is 14.4 Å². The normalized spacial score (nSPS) is 15.3. The van der Waals surface area contributed by atoms with Crippen LogP contribution in [0.3, 0.4) is 0 Å². The second-order valence-corrected chi connectivity index (χ2v) is 9.17. The van der Waals surface area contributed by atoms with Crippen LogP contribution in [-0.2, 0) is 15.6 Å². The lowest BCUT2D eigenvalue weighted by Crippen LogP contribution is -2.42. The van der Waals surface area contributed by atoms with Crippen LogP contribution in [0.4, 0.5) is 0 Å². The van der Waals surface area contributed by atoms with Gasteiger partial charge in [-0.25, -0.2) is 8.42 Å². The Morgan fingerprint density at radius 2 is 1.57 bits per heavy atom. The SMILES string of the molecule is COc1cc(OC)cc(C(=O)N2CCC(S(=O)(=O)Cc3ccccc3)CC2)c1. The van der Waals surface area contributed by atoms with Crippen LogP contribution in [0.15, 0.2) is 48.5 Å². The highest BCUT2D eigenvalue weighted by Crippen LogP contribution is 2.26. The molecule has 3 rings (SSSR count). The molecule has 0 atom stereocenters. The average molecular weight is 404 g/mol. The van der Waals surface area contributed by atoms with E-state index in [9.17, 15) is 13.2 Å². The highest BCUT2D eigenvalue weighted by molar-refractivity contribution is 7.91. The number of hydrogen-bond donors (Lipinski definition) is 0. The maximum Gasteiger partial charge on any atom is 0.254 e. The molecule has 1 amide bonds. The van der Waals surface area contributed by atoms with Gasteiger partial charge in [-0.15, -0.1) is 0 Å². The van der Waals surface area contributed by atoms with Gasteiger partial charge in [-0.1, -0.05) is 30.3 Å². The summed E-state index contributed by atoms with van der Waals surface area (Å²) in [5.41, 5.74) is 1.27. The van der Waals surface area contributed by atoms with Crippen LogP contribution in [0.2, 0.25) is 0 Å². The Bertz CT molecular complexity index is 897. The van der Waals surface area contributed by atoms with Crippen LogP contribution in [0.25, 0.3) is 0 Å². The van der Waals surface area contributed by atoms with E-state index >= 15 is 0 Å². The van der Waals surface area contributed by atoms with Gasteiger partial charge in [0, 0.05) is 24.7 Å². The summed E-state index contributed by atoms with van der Waals surface area (Å²) in [5.74, 6) is 0.988. The molecule has 1 aliphatic rings. The van der Waals surface area contributed by atoms with E-state index in [4.69, 9.17) is 9.47 Å². The van der Waals surface area contributed by atoms with Gasteiger partial charge >= 0.3 is 0 Å². The van der Waals surface area contributed by atoms with Crippen molar-refractivity contribution in [1.82, 2.24) is 4.90 Å². The summed E-state index contributed by atoms with van der Waals surface area (Å²) in [5, 5.41) is -0.420. The maximum absolute atomic E-state index is 12.8. The Kier molecular flexibility index (Phi) is 6.24. The number of piperidine rings is 1. The van der Waals surface area contributed by atoms with Gasteiger partial charge in [0.25, 0.3) is 5.91 Å². The first-order chi connectivity index (χ1) is 13.4. The number of carbonyl (C=O) groups excluding carboxylic acids is 1. The fourth-order valence-corrected chi connectivity index (χ4v) is 5.28. The third-order valence-corrected chi connectivity index (χ3v) is 7.27. The molecule has 1 aliphatic heterocycles.